The molecule has 0 aliphatic carbocycles. The maximum atomic E-state index is 16.5. The van der Waals surface area contributed by atoms with Gasteiger partial charge in [-0.3, -0.25) is 0 Å². The predicted molar refractivity (Wildman–Crippen MR) is 236 cm³/mol. The predicted octanol–water partition coefficient (Wildman–Crippen LogP) is 15.5. The number of rotatable bonds is 3. The maximum Gasteiger partial charge on any atom is 0.147 e. The van der Waals surface area contributed by atoms with Crippen LogP contribution in [0.2, 0.25) is 0 Å². The summed E-state index contributed by atoms with van der Waals surface area (Å²) in [4.78, 5) is 6.31. The Balaban J connectivity index is 1.40. The monoisotopic (exact) mass is 745 g/mol. The molecule has 1 aliphatic heterocycles. The van der Waals surface area contributed by atoms with E-state index in [9.17, 15) is 0 Å². The van der Waals surface area contributed by atoms with Crippen LogP contribution < -0.4 is 14.7 Å². The lowest BCUT2D eigenvalue weighted by atomic mass is 9.83. The highest BCUT2D eigenvalue weighted by atomic mass is 19.1. The van der Waals surface area contributed by atoms with Gasteiger partial charge < -0.3 is 14.7 Å². The highest BCUT2D eigenvalue weighted by molar-refractivity contribution is 6.29. The van der Waals surface area contributed by atoms with Crippen molar-refractivity contribution in [3.63, 3.8) is 0 Å². The van der Waals surface area contributed by atoms with Gasteiger partial charge in [0.25, 0.3) is 0 Å². The zero-order valence-corrected chi connectivity index (χ0v) is 32.6. The highest BCUT2D eigenvalue weighted by Crippen LogP contribution is 2.53. The molecule has 6 bridgehead atoms. The zero-order chi connectivity index (χ0) is 39.2. The molecule has 0 saturated heterocycles. The van der Waals surface area contributed by atoms with E-state index < -0.39 is 0 Å². The van der Waals surface area contributed by atoms with E-state index in [1.807, 2.05) is 58.3 Å². The van der Waals surface area contributed by atoms with Gasteiger partial charge in [0.2, 0.25) is 0 Å². The lowest BCUT2D eigenvalue weighted by Gasteiger charge is -2.35. The van der Waals surface area contributed by atoms with Crippen LogP contribution in [0, 0.1) is 25.5 Å². The van der Waals surface area contributed by atoms with Crippen LogP contribution in [0.5, 0.6) is 0 Å². The number of aryl methyl sites for hydroxylation is 2. The molecule has 3 nitrogen and oxygen atoms in total. The Labute approximate surface area is 332 Å². The number of halogens is 2. The van der Waals surface area contributed by atoms with Gasteiger partial charge in [-0.05, 0) is 119 Å². The van der Waals surface area contributed by atoms with Crippen LogP contribution in [0.25, 0.3) is 32.3 Å². The summed E-state index contributed by atoms with van der Waals surface area (Å²) in [5.74, 6) is -0.695. The number of fused-ring (bicyclic) bond motifs is 8. The van der Waals surface area contributed by atoms with Crippen molar-refractivity contribution < 1.29 is 8.78 Å². The van der Waals surface area contributed by atoms with Crippen molar-refractivity contribution in [2.24, 2.45) is 0 Å². The lowest BCUT2D eigenvalue weighted by Crippen LogP contribution is -2.18. The Morgan fingerprint density at radius 2 is 0.895 bits per heavy atom. The normalized spacial score (nSPS) is 13.1. The Morgan fingerprint density at radius 3 is 1.37 bits per heavy atom. The van der Waals surface area contributed by atoms with Crippen molar-refractivity contribution in [1.29, 1.82) is 0 Å². The van der Waals surface area contributed by atoms with Crippen LogP contribution in [-0.4, -0.2) is 0 Å². The number of anilines is 9. The Hall–Kier alpha value is -6.72. The minimum absolute atomic E-state index is 0.0567. The molecule has 0 radical (unpaired) electrons. The standard InChI is InChI=1S/C52H41F2N3/c1-32-20-25-45(33(2)26-32)55-37-12-10-14-39(29-37)56(46-18-8-6-16-43(46)53)48-31-49(57(40-15-11-13-38(55)30-40)47-19-9-7-17-44(47)54)42-24-22-35-28-36(52(3,4)5)27-34-21-23-41(48)51(42)50(34)35/h6-31H,1-5H3. The Kier molecular flexibility index (Phi) is 7.88. The van der Waals surface area contributed by atoms with E-state index in [0.717, 1.165) is 77.7 Å². The van der Waals surface area contributed by atoms with Gasteiger partial charge in [-0.15, -0.1) is 0 Å². The molecule has 10 rings (SSSR count). The van der Waals surface area contributed by atoms with Gasteiger partial charge in [0.1, 0.15) is 11.6 Å². The van der Waals surface area contributed by atoms with Crippen molar-refractivity contribution in [1.82, 2.24) is 0 Å². The van der Waals surface area contributed by atoms with Gasteiger partial charge >= 0.3 is 0 Å². The van der Waals surface area contributed by atoms with Gasteiger partial charge in [0.15, 0.2) is 0 Å². The second kappa shape index (κ2) is 12.9. The smallest absolute Gasteiger partial charge is 0.147 e. The summed E-state index contributed by atoms with van der Waals surface area (Å²) in [7, 11) is 0. The molecule has 0 spiro atoms. The average Bonchev–Trinajstić information content (AvgIpc) is 3.20. The highest BCUT2D eigenvalue weighted by Gasteiger charge is 2.29. The molecule has 0 atom stereocenters. The fourth-order valence-corrected chi connectivity index (χ4v) is 8.79. The van der Waals surface area contributed by atoms with E-state index in [2.05, 4.69) is 124 Å². The summed E-state index contributed by atoms with van der Waals surface area (Å²) >= 11 is 0. The summed E-state index contributed by atoms with van der Waals surface area (Å²) in [6, 6.07) is 52.4. The van der Waals surface area contributed by atoms with Crippen molar-refractivity contribution in [3.8, 4) is 0 Å². The number of benzene rings is 9. The summed E-state index contributed by atoms with van der Waals surface area (Å²) < 4.78 is 33.0. The molecule has 57 heavy (non-hydrogen) atoms. The minimum atomic E-state index is -0.348. The summed E-state index contributed by atoms with van der Waals surface area (Å²) in [6.45, 7) is 10.9. The van der Waals surface area contributed by atoms with Crippen LogP contribution in [0.3, 0.4) is 0 Å². The van der Waals surface area contributed by atoms with Gasteiger partial charge in [0.05, 0.1) is 22.7 Å². The van der Waals surface area contributed by atoms with E-state index in [1.54, 1.807) is 12.1 Å². The van der Waals surface area contributed by atoms with E-state index in [0.29, 0.717) is 11.4 Å². The summed E-state index contributed by atoms with van der Waals surface area (Å²) in [6.07, 6.45) is 0. The number of para-hydroxylation sites is 2. The van der Waals surface area contributed by atoms with Crippen molar-refractivity contribution >= 4 is 83.5 Å². The molecule has 1 heterocycles. The third-order valence-electron chi connectivity index (χ3n) is 11.5. The van der Waals surface area contributed by atoms with E-state index in [1.165, 1.54) is 23.3 Å². The summed E-state index contributed by atoms with van der Waals surface area (Å²) in [5.41, 5.74) is 10.3. The molecule has 0 N–H and O–H groups in total. The van der Waals surface area contributed by atoms with Crippen LogP contribution in [0.15, 0.2) is 158 Å². The summed E-state index contributed by atoms with van der Waals surface area (Å²) in [5, 5.41) is 6.36. The molecular weight excluding hydrogens is 705 g/mol. The van der Waals surface area contributed by atoms with Crippen molar-refractivity contribution in [2.45, 2.75) is 40.0 Å². The van der Waals surface area contributed by atoms with Gasteiger partial charge in [-0.25, -0.2) is 8.78 Å². The number of nitrogens with zero attached hydrogens (tertiary/aromatic N) is 3. The van der Waals surface area contributed by atoms with Gasteiger partial charge in [0, 0.05) is 44.6 Å². The molecule has 278 valence electrons. The van der Waals surface area contributed by atoms with Gasteiger partial charge in [-0.1, -0.05) is 111 Å². The molecule has 9 aromatic carbocycles. The first kappa shape index (κ1) is 34.7. The fourth-order valence-electron chi connectivity index (χ4n) is 8.79. The quantitative estimate of drug-likeness (QED) is 0.167. The largest absolute Gasteiger partial charge is 0.310 e. The first-order valence-corrected chi connectivity index (χ1v) is 19.5. The average molecular weight is 746 g/mol. The first-order chi connectivity index (χ1) is 27.5. The molecule has 0 aromatic heterocycles. The minimum Gasteiger partial charge on any atom is -0.310 e. The Morgan fingerprint density at radius 1 is 0.404 bits per heavy atom. The molecule has 0 amide bonds. The molecular formula is C52H41F2N3. The van der Waals surface area contributed by atoms with Crippen molar-refractivity contribution in [2.75, 3.05) is 14.7 Å². The first-order valence-electron chi connectivity index (χ1n) is 19.5. The molecule has 1 aliphatic rings. The van der Waals surface area contributed by atoms with Crippen LogP contribution in [-0.2, 0) is 5.41 Å². The maximum absolute atomic E-state index is 16.5. The van der Waals surface area contributed by atoms with Crippen LogP contribution in [0.1, 0.15) is 37.5 Å². The third kappa shape index (κ3) is 5.60. The number of hydrogen-bond donors (Lipinski definition) is 0. The fraction of sp³-hybridized carbons (Fsp3) is 0.115. The number of hydrogen-bond acceptors (Lipinski definition) is 3. The van der Waals surface area contributed by atoms with E-state index in [-0.39, 0.29) is 17.0 Å². The van der Waals surface area contributed by atoms with E-state index >= 15 is 8.78 Å². The second-order valence-corrected chi connectivity index (χ2v) is 16.3. The van der Waals surface area contributed by atoms with Crippen LogP contribution in [0.4, 0.5) is 60.0 Å². The van der Waals surface area contributed by atoms with Crippen LogP contribution >= 0.6 is 0 Å². The lowest BCUT2D eigenvalue weighted by molar-refractivity contribution is 0.591. The molecule has 0 fully saturated rings. The molecule has 5 heteroatoms. The molecule has 0 saturated carbocycles. The molecule has 0 unspecified atom stereocenters. The topological polar surface area (TPSA) is 9.72 Å². The SMILES string of the molecule is Cc1ccc(N2c3cccc(c3)N(c3ccccc3F)c3cc(c4ccc5cc(C(C)(C)C)cc6ccc3c4c65)N(c3ccccc3F)c3cccc2c3)c(C)c1. The zero-order valence-electron chi connectivity index (χ0n) is 32.6. The second-order valence-electron chi connectivity index (χ2n) is 16.3. The van der Waals surface area contributed by atoms with Gasteiger partial charge in [-0.2, -0.15) is 0 Å². The van der Waals surface area contributed by atoms with E-state index in [4.69, 9.17) is 0 Å². The molecule has 9 aromatic rings. The Bertz CT molecular complexity index is 2870. The third-order valence-corrected chi connectivity index (χ3v) is 11.5. The van der Waals surface area contributed by atoms with Crippen molar-refractivity contribution in [3.05, 3.63) is 186 Å².